The average molecular weight is 212 g/mol. The number of hydrogen-bond donors (Lipinski definition) is 0. The molecule has 0 amide bonds. The average Bonchev–Trinajstić information content (AvgIpc) is 1.97. The summed E-state index contributed by atoms with van der Waals surface area (Å²) in [4.78, 5) is 0. The Morgan fingerprint density at radius 1 is 1.18 bits per heavy atom. The summed E-state index contributed by atoms with van der Waals surface area (Å²) in [5, 5.41) is 1.03. The number of benzene rings is 1. The number of halogens is 3. The van der Waals surface area contributed by atoms with Crippen molar-refractivity contribution < 1.29 is 0 Å². The molecule has 62 valence electrons. The zero-order chi connectivity index (χ0) is 8.69. The van der Waals surface area contributed by atoms with E-state index in [2.05, 4.69) is 0 Å². The molecule has 0 N–H and O–H groups in total. The van der Waals surface area contributed by atoms with Crippen molar-refractivity contribution in [2.45, 2.75) is 6.92 Å². The molecule has 0 aliphatic carbocycles. The van der Waals surface area contributed by atoms with Gasteiger partial charge in [0.05, 0.1) is 5.34 Å². The zero-order valence-electron chi connectivity index (χ0n) is 6.15. The SMILES string of the molecule is Cc1ccccc1Cl.ClCCl. The third-order valence-corrected chi connectivity index (χ3v) is 1.50. The van der Waals surface area contributed by atoms with Gasteiger partial charge in [-0.25, -0.2) is 0 Å². The van der Waals surface area contributed by atoms with E-state index in [-0.39, 0.29) is 5.34 Å². The Labute approximate surface area is 82.1 Å². The third kappa shape index (κ3) is 5.37. The van der Waals surface area contributed by atoms with Crippen LogP contribution in [-0.4, -0.2) is 5.34 Å². The minimum atomic E-state index is 0.194. The standard InChI is InChI=1S/C7H7Cl.CH2Cl2/c1-6-4-2-3-5-7(6)8;2-1-3/h2-5H,1H3;1H2. The Kier molecular flexibility index (Phi) is 6.83. The molecule has 0 heterocycles. The minimum absolute atomic E-state index is 0.194. The highest BCUT2D eigenvalue weighted by Gasteiger charge is 1.86. The molecule has 0 saturated heterocycles. The zero-order valence-corrected chi connectivity index (χ0v) is 8.42. The third-order valence-electron chi connectivity index (χ3n) is 1.08. The van der Waals surface area contributed by atoms with Gasteiger partial charge in [0.15, 0.2) is 0 Å². The molecule has 0 spiro atoms. The Hall–Kier alpha value is 0.0900. The summed E-state index contributed by atoms with van der Waals surface area (Å²) in [6, 6.07) is 7.77. The second-order valence-electron chi connectivity index (χ2n) is 1.85. The van der Waals surface area contributed by atoms with Gasteiger partial charge in [-0.2, -0.15) is 0 Å². The fraction of sp³-hybridized carbons (Fsp3) is 0.250. The van der Waals surface area contributed by atoms with Gasteiger partial charge in [0.25, 0.3) is 0 Å². The van der Waals surface area contributed by atoms with Crippen LogP contribution >= 0.6 is 34.8 Å². The van der Waals surface area contributed by atoms with Crippen molar-refractivity contribution in [3.8, 4) is 0 Å². The van der Waals surface area contributed by atoms with Crippen LogP contribution in [0.25, 0.3) is 0 Å². The van der Waals surface area contributed by atoms with Crippen LogP contribution in [0.2, 0.25) is 5.02 Å². The molecular formula is C8H9Cl3. The van der Waals surface area contributed by atoms with Gasteiger partial charge in [0.1, 0.15) is 0 Å². The lowest BCUT2D eigenvalue weighted by Crippen LogP contribution is -1.68. The van der Waals surface area contributed by atoms with E-state index in [0.29, 0.717) is 0 Å². The molecule has 0 fully saturated rings. The van der Waals surface area contributed by atoms with E-state index < -0.39 is 0 Å². The fourth-order valence-electron chi connectivity index (χ4n) is 0.551. The van der Waals surface area contributed by atoms with E-state index in [0.717, 1.165) is 10.6 Å². The van der Waals surface area contributed by atoms with E-state index in [1.165, 1.54) is 0 Å². The van der Waals surface area contributed by atoms with Crippen molar-refractivity contribution in [2.75, 3.05) is 5.34 Å². The van der Waals surface area contributed by atoms with Crippen molar-refractivity contribution in [3.63, 3.8) is 0 Å². The lowest BCUT2D eigenvalue weighted by atomic mass is 10.2. The second-order valence-corrected chi connectivity index (χ2v) is 3.07. The van der Waals surface area contributed by atoms with E-state index in [1.54, 1.807) is 0 Å². The number of alkyl halides is 2. The monoisotopic (exact) mass is 210 g/mol. The summed E-state index contributed by atoms with van der Waals surface area (Å²) >= 11 is 15.2. The quantitative estimate of drug-likeness (QED) is 0.568. The first kappa shape index (κ1) is 11.1. The Morgan fingerprint density at radius 2 is 1.64 bits per heavy atom. The summed E-state index contributed by atoms with van der Waals surface area (Å²) in [6.45, 7) is 1.99. The first-order chi connectivity index (χ1) is 5.22. The van der Waals surface area contributed by atoms with Crippen LogP contribution < -0.4 is 0 Å². The van der Waals surface area contributed by atoms with Crippen LogP contribution in [-0.2, 0) is 0 Å². The molecule has 11 heavy (non-hydrogen) atoms. The van der Waals surface area contributed by atoms with Crippen LogP contribution in [0, 0.1) is 6.92 Å². The van der Waals surface area contributed by atoms with Crippen molar-refractivity contribution >= 4 is 34.8 Å². The van der Waals surface area contributed by atoms with E-state index in [1.807, 2.05) is 31.2 Å². The molecule has 0 bridgehead atoms. The van der Waals surface area contributed by atoms with Crippen LogP contribution in [0.1, 0.15) is 5.56 Å². The highest BCUT2D eigenvalue weighted by atomic mass is 35.5. The molecule has 0 atom stereocenters. The number of aryl methyl sites for hydroxylation is 1. The van der Waals surface area contributed by atoms with Crippen molar-refractivity contribution in [1.82, 2.24) is 0 Å². The molecule has 0 nitrogen and oxygen atoms in total. The highest BCUT2D eigenvalue weighted by molar-refractivity contribution is 6.40. The van der Waals surface area contributed by atoms with Gasteiger partial charge in [-0.3, -0.25) is 0 Å². The van der Waals surface area contributed by atoms with Gasteiger partial charge in [-0.05, 0) is 18.6 Å². The molecule has 0 aliphatic heterocycles. The molecule has 3 heteroatoms. The maximum Gasteiger partial charge on any atom is 0.0967 e. The predicted molar refractivity (Wildman–Crippen MR) is 52.8 cm³/mol. The number of rotatable bonds is 0. The molecule has 1 rings (SSSR count). The van der Waals surface area contributed by atoms with Gasteiger partial charge in [0, 0.05) is 5.02 Å². The Morgan fingerprint density at radius 3 is 1.91 bits per heavy atom. The van der Waals surface area contributed by atoms with Crippen molar-refractivity contribution in [2.24, 2.45) is 0 Å². The molecule has 0 unspecified atom stereocenters. The van der Waals surface area contributed by atoms with Gasteiger partial charge >= 0.3 is 0 Å². The fourth-order valence-corrected chi connectivity index (χ4v) is 0.687. The smallest absolute Gasteiger partial charge is 0.0967 e. The van der Waals surface area contributed by atoms with Gasteiger partial charge in [-0.1, -0.05) is 29.8 Å². The predicted octanol–water partition coefficient (Wildman–Crippen LogP) is 4.07. The summed E-state index contributed by atoms with van der Waals surface area (Å²) in [7, 11) is 0. The lowest BCUT2D eigenvalue weighted by molar-refractivity contribution is 1.47. The number of hydrogen-bond acceptors (Lipinski definition) is 0. The van der Waals surface area contributed by atoms with Gasteiger partial charge in [-0.15, -0.1) is 23.2 Å². The summed E-state index contributed by atoms with van der Waals surface area (Å²) in [5.74, 6) is 0. The van der Waals surface area contributed by atoms with Crippen LogP contribution in [0.4, 0.5) is 0 Å². The summed E-state index contributed by atoms with van der Waals surface area (Å²) in [6.07, 6.45) is 0. The molecule has 0 aliphatic rings. The van der Waals surface area contributed by atoms with Gasteiger partial charge in [0.2, 0.25) is 0 Å². The molecule has 0 aromatic heterocycles. The molecule has 0 radical (unpaired) electrons. The Bertz CT molecular complexity index is 177. The van der Waals surface area contributed by atoms with Crippen LogP contribution in [0.5, 0.6) is 0 Å². The maximum atomic E-state index is 5.71. The van der Waals surface area contributed by atoms with Crippen LogP contribution in [0.3, 0.4) is 0 Å². The van der Waals surface area contributed by atoms with Crippen molar-refractivity contribution in [3.05, 3.63) is 34.9 Å². The summed E-state index contributed by atoms with van der Waals surface area (Å²) < 4.78 is 0. The Balaban J connectivity index is 0.000000292. The molecule has 0 saturated carbocycles. The van der Waals surface area contributed by atoms with E-state index in [9.17, 15) is 0 Å². The maximum absolute atomic E-state index is 5.71. The van der Waals surface area contributed by atoms with E-state index >= 15 is 0 Å². The molecule has 1 aromatic rings. The lowest BCUT2D eigenvalue weighted by Gasteiger charge is -1.90. The minimum Gasteiger partial charge on any atom is -0.109 e. The topological polar surface area (TPSA) is 0 Å². The van der Waals surface area contributed by atoms with Gasteiger partial charge < -0.3 is 0 Å². The van der Waals surface area contributed by atoms with E-state index in [4.69, 9.17) is 34.8 Å². The van der Waals surface area contributed by atoms with Crippen molar-refractivity contribution in [1.29, 1.82) is 0 Å². The summed E-state index contributed by atoms with van der Waals surface area (Å²) in [5.41, 5.74) is 1.13. The second kappa shape index (κ2) is 6.78. The molecule has 1 aromatic carbocycles. The van der Waals surface area contributed by atoms with Crippen LogP contribution in [0.15, 0.2) is 24.3 Å². The normalized spacial score (nSPS) is 8.36. The molecular weight excluding hydrogens is 202 g/mol. The highest BCUT2D eigenvalue weighted by Crippen LogP contribution is 2.11. The first-order valence-electron chi connectivity index (χ1n) is 3.05. The first-order valence-corrected chi connectivity index (χ1v) is 4.50. The largest absolute Gasteiger partial charge is 0.109 e.